The van der Waals surface area contributed by atoms with Gasteiger partial charge in [-0.1, -0.05) is 12.1 Å². The molecule has 0 radical (unpaired) electrons. The number of pyridine rings is 1. The van der Waals surface area contributed by atoms with Crippen LogP contribution >= 0.6 is 0 Å². The molecule has 0 unspecified atom stereocenters. The van der Waals surface area contributed by atoms with Crippen LogP contribution in [0.1, 0.15) is 22.3 Å². The molecule has 1 atom stereocenters. The first-order valence-electron chi connectivity index (χ1n) is 13.3. The molecule has 11 heteroatoms. The van der Waals surface area contributed by atoms with E-state index in [4.69, 9.17) is 15.2 Å². The van der Waals surface area contributed by atoms with Gasteiger partial charge in [-0.05, 0) is 68.5 Å². The van der Waals surface area contributed by atoms with Gasteiger partial charge in [-0.2, -0.15) is 5.10 Å². The normalized spacial score (nSPS) is 14.7. The summed E-state index contributed by atoms with van der Waals surface area (Å²) in [6.07, 6.45) is 5.25. The van der Waals surface area contributed by atoms with Crippen LogP contribution in [0.5, 0.6) is 17.2 Å². The lowest BCUT2D eigenvalue weighted by Crippen LogP contribution is -2.39. The van der Waals surface area contributed by atoms with Gasteiger partial charge in [-0.3, -0.25) is 9.48 Å². The lowest BCUT2D eigenvalue weighted by molar-refractivity contribution is 0.0937. The standard InChI is InChI=1S/C30H33N7O4/c1-35(2)17-20-4-6-24(7-5-20)40-25-8-10-26(11-9-25)41-30(39)37-13-12-23(19-37)34-29(38)27-14-21(15-32-28(27)31)22-16-33-36(3)18-22/h4-11,14-16,18,23H,12-13,17,19H2,1-3H3,(H2,31,32)(H,34,38)/t23-/m1/s1. The van der Waals surface area contributed by atoms with Crippen LogP contribution in [-0.2, 0) is 13.6 Å². The van der Waals surface area contributed by atoms with E-state index in [0.717, 1.165) is 23.4 Å². The summed E-state index contributed by atoms with van der Waals surface area (Å²) in [4.78, 5) is 33.6. The molecule has 3 N–H and O–H groups in total. The predicted molar refractivity (Wildman–Crippen MR) is 155 cm³/mol. The van der Waals surface area contributed by atoms with E-state index in [9.17, 15) is 9.59 Å². The number of aryl methyl sites for hydroxylation is 1. The zero-order chi connectivity index (χ0) is 28.9. The Morgan fingerprint density at radius 2 is 1.71 bits per heavy atom. The maximum Gasteiger partial charge on any atom is 0.415 e. The maximum atomic E-state index is 13.0. The molecule has 0 aliphatic carbocycles. The van der Waals surface area contributed by atoms with Crippen LogP contribution in [0.4, 0.5) is 10.6 Å². The molecule has 1 fully saturated rings. The SMILES string of the molecule is CN(C)Cc1ccc(Oc2ccc(OC(=O)N3CC[C@@H](NC(=O)c4cc(-c5cnn(C)c5)cnc4N)C3)cc2)cc1. The molecule has 2 aromatic carbocycles. The number of hydrogen-bond donors (Lipinski definition) is 2. The topological polar surface area (TPSA) is 128 Å². The summed E-state index contributed by atoms with van der Waals surface area (Å²) in [5.74, 6) is 1.56. The third kappa shape index (κ3) is 7.00. The minimum absolute atomic E-state index is 0.137. The number of anilines is 1. The highest BCUT2D eigenvalue weighted by atomic mass is 16.6. The summed E-state index contributed by atoms with van der Waals surface area (Å²) >= 11 is 0. The second-order valence-corrected chi connectivity index (χ2v) is 10.3. The molecule has 1 aliphatic heterocycles. The van der Waals surface area contributed by atoms with Gasteiger partial charge in [0.1, 0.15) is 23.1 Å². The molecule has 4 aromatic rings. The summed E-state index contributed by atoms with van der Waals surface area (Å²) in [5, 5.41) is 7.12. The number of likely N-dealkylation sites (tertiary alicyclic amines) is 1. The molecule has 2 aromatic heterocycles. The highest BCUT2D eigenvalue weighted by Crippen LogP contribution is 2.26. The van der Waals surface area contributed by atoms with Crippen molar-refractivity contribution in [3.63, 3.8) is 0 Å². The number of benzene rings is 2. The van der Waals surface area contributed by atoms with E-state index in [-0.39, 0.29) is 23.3 Å². The average molecular weight is 556 g/mol. The second kappa shape index (κ2) is 12.1. The summed E-state index contributed by atoms with van der Waals surface area (Å²) in [7, 11) is 5.87. The Bertz CT molecular complexity index is 1520. The maximum absolute atomic E-state index is 13.0. The van der Waals surface area contributed by atoms with Crippen LogP contribution in [0.25, 0.3) is 11.1 Å². The van der Waals surface area contributed by atoms with Crippen molar-refractivity contribution in [2.45, 2.75) is 19.0 Å². The molecule has 11 nitrogen and oxygen atoms in total. The molecule has 1 saturated heterocycles. The molecule has 2 amide bonds. The van der Waals surface area contributed by atoms with Crippen molar-refractivity contribution < 1.29 is 19.1 Å². The molecule has 212 valence electrons. The number of nitrogens with one attached hydrogen (secondary N) is 1. The number of hydrogen-bond acceptors (Lipinski definition) is 8. The highest BCUT2D eigenvalue weighted by molar-refractivity contribution is 5.99. The Balaban J connectivity index is 1.12. The number of rotatable bonds is 8. The number of carbonyl (C=O) groups excluding carboxylic acids is 2. The number of aromatic nitrogens is 3. The summed E-state index contributed by atoms with van der Waals surface area (Å²) < 4.78 is 13.1. The molecule has 3 heterocycles. The van der Waals surface area contributed by atoms with Gasteiger partial charge in [0.15, 0.2) is 0 Å². The fourth-order valence-corrected chi connectivity index (χ4v) is 4.60. The molecule has 41 heavy (non-hydrogen) atoms. The monoisotopic (exact) mass is 555 g/mol. The Labute approximate surface area is 238 Å². The van der Waals surface area contributed by atoms with Crippen molar-refractivity contribution in [3.8, 4) is 28.4 Å². The lowest BCUT2D eigenvalue weighted by Gasteiger charge is -2.17. The Kier molecular flexibility index (Phi) is 8.16. The Morgan fingerprint density at radius 3 is 2.37 bits per heavy atom. The second-order valence-electron chi connectivity index (χ2n) is 10.3. The molecule has 0 bridgehead atoms. The van der Waals surface area contributed by atoms with Gasteiger partial charge in [0.05, 0.1) is 11.8 Å². The van der Waals surface area contributed by atoms with Gasteiger partial charge in [-0.15, -0.1) is 0 Å². The van der Waals surface area contributed by atoms with Crippen LogP contribution < -0.4 is 20.5 Å². The number of nitrogen functional groups attached to an aromatic ring is 1. The zero-order valence-electron chi connectivity index (χ0n) is 23.3. The first-order chi connectivity index (χ1) is 19.7. The number of nitrogens with zero attached hydrogens (tertiary/aromatic N) is 5. The smallest absolute Gasteiger partial charge is 0.415 e. The number of amides is 2. The van der Waals surface area contributed by atoms with E-state index >= 15 is 0 Å². The quantitative estimate of drug-likeness (QED) is 0.335. The van der Waals surface area contributed by atoms with Crippen molar-refractivity contribution in [3.05, 3.63) is 84.3 Å². The first kappa shape index (κ1) is 27.7. The van der Waals surface area contributed by atoms with E-state index in [0.29, 0.717) is 31.0 Å². The predicted octanol–water partition coefficient (Wildman–Crippen LogP) is 3.92. The molecule has 0 spiro atoms. The van der Waals surface area contributed by atoms with Crippen molar-refractivity contribution in [2.75, 3.05) is 32.9 Å². The Morgan fingerprint density at radius 1 is 1.02 bits per heavy atom. The average Bonchev–Trinajstić information content (AvgIpc) is 3.60. The highest BCUT2D eigenvalue weighted by Gasteiger charge is 2.29. The molecule has 0 saturated carbocycles. The van der Waals surface area contributed by atoms with Gasteiger partial charge in [0.25, 0.3) is 5.91 Å². The van der Waals surface area contributed by atoms with Gasteiger partial charge in [0.2, 0.25) is 0 Å². The molecule has 1 aliphatic rings. The van der Waals surface area contributed by atoms with Gasteiger partial charge >= 0.3 is 6.09 Å². The van der Waals surface area contributed by atoms with Crippen LogP contribution in [0.15, 0.2) is 73.2 Å². The van der Waals surface area contributed by atoms with Crippen molar-refractivity contribution >= 4 is 17.8 Å². The fraction of sp³-hybridized carbons (Fsp3) is 0.267. The molecule has 5 rings (SSSR count). The first-order valence-corrected chi connectivity index (χ1v) is 13.3. The van der Waals surface area contributed by atoms with E-state index in [2.05, 4.69) is 20.3 Å². The van der Waals surface area contributed by atoms with E-state index < -0.39 is 6.09 Å². The van der Waals surface area contributed by atoms with Gasteiger partial charge in [0, 0.05) is 56.2 Å². The van der Waals surface area contributed by atoms with E-state index in [1.165, 1.54) is 5.56 Å². The number of carbonyl (C=O) groups is 2. The Hall–Kier alpha value is -4.90. The zero-order valence-corrected chi connectivity index (χ0v) is 23.3. The van der Waals surface area contributed by atoms with Crippen LogP contribution in [0, 0.1) is 0 Å². The van der Waals surface area contributed by atoms with E-state index in [1.807, 2.05) is 51.6 Å². The van der Waals surface area contributed by atoms with Crippen LogP contribution in [0.2, 0.25) is 0 Å². The van der Waals surface area contributed by atoms with E-state index in [1.54, 1.807) is 52.3 Å². The van der Waals surface area contributed by atoms with Crippen molar-refractivity contribution in [1.29, 1.82) is 0 Å². The lowest BCUT2D eigenvalue weighted by atomic mass is 10.1. The van der Waals surface area contributed by atoms with Crippen LogP contribution in [0.3, 0.4) is 0 Å². The molecular formula is C30H33N7O4. The third-order valence-electron chi connectivity index (χ3n) is 6.67. The van der Waals surface area contributed by atoms with Crippen LogP contribution in [-0.4, -0.2) is 69.8 Å². The third-order valence-corrected chi connectivity index (χ3v) is 6.67. The van der Waals surface area contributed by atoms with Gasteiger partial charge in [-0.25, -0.2) is 9.78 Å². The minimum atomic E-state index is -0.480. The summed E-state index contributed by atoms with van der Waals surface area (Å²) in [6, 6.07) is 16.3. The van der Waals surface area contributed by atoms with Crippen molar-refractivity contribution in [1.82, 2.24) is 29.9 Å². The van der Waals surface area contributed by atoms with Gasteiger partial charge < -0.3 is 30.3 Å². The molecular weight excluding hydrogens is 522 g/mol. The number of ether oxygens (including phenoxy) is 2. The fourth-order valence-electron chi connectivity index (χ4n) is 4.60. The summed E-state index contributed by atoms with van der Waals surface area (Å²) in [5.41, 5.74) is 9.04. The van der Waals surface area contributed by atoms with Crippen molar-refractivity contribution in [2.24, 2.45) is 7.05 Å². The largest absolute Gasteiger partial charge is 0.457 e. The summed E-state index contributed by atoms with van der Waals surface area (Å²) in [6.45, 7) is 1.64. The minimum Gasteiger partial charge on any atom is -0.457 e. The number of nitrogens with two attached hydrogens (primary N) is 1.